The van der Waals surface area contributed by atoms with Gasteiger partial charge in [0.2, 0.25) is 0 Å². The molecule has 0 aromatic carbocycles. The number of halogens is 1. The fraction of sp³-hybridized carbons (Fsp3) is 0.500. The molecule has 1 aromatic rings. The van der Waals surface area contributed by atoms with Crippen LogP contribution in [0.4, 0.5) is 4.79 Å². The Kier molecular flexibility index (Phi) is 3.77. The minimum Gasteiger partial charge on any atom is -0.385 e. The topological polar surface area (TPSA) is 58.7 Å². The summed E-state index contributed by atoms with van der Waals surface area (Å²) in [6.45, 7) is 6.86. The van der Waals surface area contributed by atoms with Gasteiger partial charge in [-0.2, -0.15) is 4.99 Å². The van der Waals surface area contributed by atoms with Gasteiger partial charge < -0.3 is 10.6 Å². The summed E-state index contributed by atoms with van der Waals surface area (Å²) in [5.74, 6) is 0.788. The molecule has 4 nitrogen and oxygen atoms in total. The van der Waals surface area contributed by atoms with E-state index in [0.29, 0.717) is 18.3 Å². The van der Waals surface area contributed by atoms with Crippen LogP contribution in [-0.4, -0.2) is 23.3 Å². The van der Waals surface area contributed by atoms with Crippen LogP contribution in [0.2, 0.25) is 0 Å². The lowest BCUT2D eigenvalue weighted by Gasteiger charge is -2.24. The van der Waals surface area contributed by atoms with Gasteiger partial charge in [0, 0.05) is 20.8 Å². The summed E-state index contributed by atoms with van der Waals surface area (Å²) in [6.07, 6.45) is 0. The predicted octanol–water partition coefficient (Wildman–Crippen LogP) is 3.31. The Hall–Kier alpha value is -0.880. The number of thiophene rings is 1. The molecule has 2 amide bonds. The Balaban J connectivity index is 2.33. The molecular weight excluding hydrogens is 314 g/mol. The monoisotopic (exact) mass is 329 g/mol. The summed E-state index contributed by atoms with van der Waals surface area (Å²) in [4.78, 5) is 19.7. The van der Waals surface area contributed by atoms with E-state index in [2.05, 4.69) is 34.8 Å². The second-order valence-corrected chi connectivity index (χ2v) is 6.96. The van der Waals surface area contributed by atoms with Crippen molar-refractivity contribution in [3.05, 3.63) is 20.3 Å². The number of nitrogens with two attached hydrogens (primary N) is 1. The van der Waals surface area contributed by atoms with Gasteiger partial charge >= 0.3 is 6.03 Å². The van der Waals surface area contributed by atoms with E-state index in [9.17, 15) is 4.79 Å². The molecular formula is C12H16BrN3OS. The normalized spacial score (nSPS) is 19.8. The van der Waals surface area contributed by atoms with Crippen LogP contribution in [0, 0.1) is 12.8 Å². The van der Waals surface area contributed by atoms with Gasteiger partial charge in [-0.15, -0.1) is 11.3 Å². The SMILES string of the molecule is Cc1sc(C2C(N)=NC(=O)N2CC(C)C)cc1Br. The summed E-state index contributed by atoms with van der Waals surface area (Å²) in [6, 6.07) is 1.60. The van der Waals surface area contributed by atoms with Crippen molar-refractivity contribution in [3.63, 3.8) is 0 Å². The number of aliphatic imine (C=N–C) groups is 1. The van der Waals surface area contributed by atoms with Gasteiger partial charge in [0.25, 0.3) is 0 Å². The Labute approximate surface area is 119 Å². The third-order valence-electron chi connectivity index (χ3n) is 2.77. The van der Waals surface area contributed by atoms with E-state index >= 15 is 0 Å². The fourth-order valence-electron chi connectivity index (χ4n) is 2.00. The van der Waals surface area contributed by atoms with E-state index in [1.165, 1.54) is 4.88 Å². The van der Waals surface area contributed by atoms with E-state index < -0.39 is 0 Å². The molecule has 98 valence electrons. The van der Waals surface area contributed by atoms with Crippen molar-refractivity contribution in [3.8, 4) is 0 Å². The first-order chi connectivity index (χ1) is 8.40. The highest BCUT2D eigenvalue weighted by molar-refractivity contribution is 9.10. The fourth-order valence-corrected chi connectivity index (χ4v) is 3.69. The Morgan fingerprint density at radius 1 is 1.61 bits per heavy atom. The van der Waals surface area contributed by atoms with Crippen molar-refractivity contribution in [2.45, 2.75) is 26.8 Å². The average molecular weight is 330 g/mol. The van der Waals surface area contributed by atoms with Crippen LogP contribution in [-0.2, 0) is 0 Å². The Bertz CT molecular complexity index is 490. The molecule has 0 radical (unpaired) electrons. The van der Waals surface area contributed by atoms with Crippen LogP contribution in [0.25, 0.3) is 0 Å². The maximum atomic E-state index is 11.8. The zero-order chi connectivity index (χ0) is 13.4. The highest BCUT2D eigenvalue weighted by atomic mass is 79.9. The molecule has 2 N–H and O–H groups in total. The lowest BCUT2D eigenvalue weighted by molar-refractivity contribution is 0.199. The van der Waals surface area contributed by atoms with Gasteiger partial charge in [0.1, 0.15) is 11.9 Å². The quantitative estimate of drug-likeness (QED) is 0.924. The summed E-state index contributed by atoms with van der Waals surface area (Å²) in [5, 5.41) is 0. The van der Waals surface area contributed by atoms with Crippen molar-refractivity contribution in [2.24, 2.45) is 16.6 Å². The maximum absolute atomic E-state index is 11.8. The second kappa shape index (κ2) is 5.01. The first-order valence-electron chi connectivity index (χ1n) is 5.80. The molecule has 1 aliphatic heterocycles. The van der Waals surface area contributed by atoms with E-state index in [1.54, 1.807) is 16.2 Å². The number of carbonyl (C=O) groups excluding carboxylic acids is 1. The lowest BCUT2D eigenvalue weighted by Crippen LogP contribution is -2.35. The summed E-state index contributed by atoms with van der Waals surface area (Å²) < 4.78 is 1.05. The molecule has 0 bridgehead atoms. The number of rotatable bonds is 3. The zero-order valence-corrected chi connectivity index (χ0v) is 13.0. The number of nitrogens with zero attached hydrogens (tertiary/aromatic N) is 2. The van der Waals surface area contributed by atoms with E-state index in [-0.39, 0.29) is 12.1 Å². The first kappa shape index (κ1) is 13.5. The van der Waals surface area contributed by atoms with Gasteiger partial charge in [-0.3, -0.25) is 0 Å². The van der Waals surface area contributed by atoms with Gasteiger partial charge in [-0.25, -0.2) is 4.79 Å². The van der Waals surface area contributed by atoms with Crippen molar-refractivity contribution >= 4 is 39.1 Å². The smallest absolute Gasteiger partial charge is 0.346 e. The standard InChI is InChI=1S/C12H16BrN3OS/c1-6(2)5-16-10(11(14)15-12(16)17)9-4-8(13)7(3)18-9/h4,6,10H,5H2,1-3H3,(H2,14,15,17). The van der Waals surface area contributed by atoms with Crippen molar-refractivity contribution in [1.29, 1.82) is 0 Å². The molecule has 2 rings (SSSR count). The third-order valence-corrected chi connectivity index (χ3v) is 4.96. The largest absolute Gasteiger partial charge is 0.385 e. The third kappa shape index (κ3) is 2.44. The highest BCUT2D eigenvalue weighted by Gasteiger charge is 2.35. The van der Waals surface area contributed by atoms with Crippen LogP contribution >= 0.6 is 27.3 Å². The Morgan fingerprint density at radius 3 is 2.78 bits per heavy atom. The second-order valence-electron chi connectivity index (χ2n) is 4.82. The Morgan fingerprint density at radius 2 is 2.28 bits per heavy atom. The molecule has 0 spiro atoms. The number of aryl methyl sites for hydroxylation is 1. The van der Waals surface area contributed by atoms with Crippen molar-refractivity contribution in [1.82, 2.24) is 4.90 Å². The molecule has 0 aliphatic carbocycles. The van der Waals surface area contributed by atoms with Crippen molar-refractivity contribution in [2.75, 3.05) is 6.54 Å². The predicted molar refractivity (Wildman–Crippen MR) is 78.1 cm³/mol. The van der Waals surface area contributed by atoms with Crippen LogP contribution in [0.5, 0.6) is 0 Å². The number of urea groups is 1. The lowest BCUT2D eigenvalue weighted by atomic mass is 10.1. The van der Waals surface area contributed by atoms with Crippen LogP contribution in [0.15, 0.2) is 15.5 Å². The number of carbonyl (C=O) groups is 1. The number of amidine groups is 1. The molecule has 1 aliphatic rings. The molecule has 2 heterocycles. The molecule has 0 fully saturated rings. The van der Waals surface area contributed by atoms with Crippen molar-refractivity contribution < 1.29 is 4.79 Å². The molecule has 0 saturated heterocycles. The van der Waals surface area contributed by atoms with Crippen LogP contribution in [0.1, 0.15) is 29.6 Å². The number of hydrogen-bond donors (Lipinski definition) is 1. The molecule has 18 heavy (non-hydrogen) atoms. The first-order valence-corrected chi connectivity index (χ1v) is 7.41. The molecule has 1 atom stereocenters. The highest BCUT2D eigenvalue weighted by Crippen LogP contribution is 2.36. The zero-order valence-electron chi connectivity index (χ0n) is 10.6. The van der Waals surface area contributed by atoms with E-state index in [1.807, 2.05) is 13.0 Å². The van der Waals surface area contributed by atoms with Gasteiger partial charge in [0.15, 0.2) is 0 Å². The number of hydrogen-bond acceptors (Lipinski definition) is 3. The van der Waals surface area contributed by atoms with E-state index in [4.69, 9.17) is 5.73 Å². The number of amides is 2. The summed E-state index contributed by atoms with van der Waals surface area (Å²) in [7, 11) is 0. The maximum Gasteiger partial charge on any atom is 0.346 e. The van der Waals surface area contributed by atoms with Crippen LogP contribution in [0.3, 0.4) is 0 Å². The summed E-state index contributed by atoms with van der Waals surface area (Å²) in [5.41, 5.74) is 5.91. The molecule has 0 saturated carbocycles. The van der Waals surface area contributed by atoms with E-state index in [0.717, 1.165) is 9.35 Å². The summed E-state index contributed by atoms with van der Waals surface area (Å²) >= 11 is 5.14. The molecule has 1 unspecified atom stereocenters. The van der Waals surface area contributed by atoms with Crippen LogP contribution < -0.4 is 5.73 Å². The molecule has 1 aromatic heterocycles. The minimum absolute atomic E-state index is 0.199. The molecule has 6 heteroatoms. The van der Waals surface area contributed by atoms with Gasteiger partial charge in [-0.05, 0) is 34.8 Å². The van der Waals surface area contributed by atoms with Gasteiger partial charge in [-0.1, -0.05) is 13.8 Å². The minimum atomic E-state index is -0.228. The average Bonchev–Trinajstić information content (AvgIpc) is 2.69. The van der Waals surface area contributed by atoms with Gasteiger partial charge in [0.05, 0.1) is 0 Å².